The van der Waals surface area contributed by atoms with Gasteiger partial charge < -0.3 is 15.7 Å². The summed E-state index contributed by atoms with van der Waals surface area (Å²) in [5.74, 6) is 0.708. The van der Waals surface area contributed by atoms with E-state index >= 15 is 0 Å². The topological polar surface area (TPSA) is 56.7 Å². The normalized spacial score (nSPS) is 21.3. The smallest absolute Gasteiger partial charge is 0.376 e. The van der Waals surface area contributed by atoms with Crippen LogP contribution in [0.3, 0.4) is 0 Å². The standard InChI is InChI=1S/C22H32F3N3O/c1-21(29,22(23,24)25)16-12-14-19(15-13-16)28-20(26-17-8-4-2-5-9-17)27-18-10-6-3-7-11-18/h12-15,17-18,29H,2-11H2,1H3,(H2,26,27,28). The lowest BCUT2D eigenvalue weighted by molar-refractivity contribution is -0.258. The molecule has 1 unspecified atom stereocenters. The van der Waals surface area contributed by atoms with Gasteiger partial charge >= 0.3 is 6.18 Å². The third kappa shape index (κ3) is 5.87. The van der Waals surface area contributed by atoms with Crippen LogP contribution in [0.25, 0.3) is 0 Å². The van der Waals surface area contributed by atoms with Crippen molar-refractivity contribution in [2.24, 2.45) is 4.99 Å². The molecule has 0 radical (unpaired) electrons. The number of nitrogens with one attached hydrogen (secondary N) is 2. The minimum atomic E-state index is -4.73. The molecule has 2 aliphatic carbocycles. The summed E-state index contributed by atoms with van der Waals surface area (Å²) in [4.78, 5) is 4.66. The molecule has 1 aromatic carbocycles. The molecule has 0 saturated heterocycles. The number of guanidine groups is 1. The highest BCUT2D eigenvalue weighted by atomic mass is 19.4. The van der Waals surface area contributed by atoms with E-state index in [-0.39, 0.29) is 5.56 Å². The monoisotopic (exact) mass is 411 g/mol. The molecule has 0 amide bonds. The molecule has 0 aromatic heterocycles. The van der Waals surface area contributed by atoms with Gasteiger partial charge in [0.2, 0.25) is 0 Å². The average molecular weight is 412 g/mol. The first kappa shape index (κ1) is 21.9. The maximum Gasteiger partial charge on any atom is 0.421 e. The number of benzene rings is 1. The highest BCUT2D eigenvalue weighted by Gasteiger charge is 2.51. The van der Waals surface area contributed by atoms with Gasteiger partial charge in [-0.05, 0) is 50.3 Å². The molecular formula is C22H32F3N3O. The largest absolute Gasteiger partial charge is 0.421 e. The van der Waals surface area contributed by atoms with Crippen molar-refractivity contribution >= 4 is 11.6 Å². The summed E-state index contributed by atoms with van der Waals surface area (Å²) in [7, 11) is 0. The summed E-state index contributed by atoms with van der Waals surface area (Å²) in [5, 5.41) is 16.9. The van der Waals surface area contributed by atoms with Crippen LogP contribution in [0.1, 0.15) is 76.7 Å². The molecule has 3 N–H and O–H groups in total. The molecule has 3 rings (SSSR count). The molecule has 162 valence electrons. The number of hydrogen-bond donors (Lipinski definition) is 3. The van der Waals surface area contributed by atoms with Crippen molar-refractivity contribution in [3.8, 4) is 0 Å². The van der Waals surface area contributed by atoms with E-state index in [1.54, 1.807) is 0 Å². The van der Waals surface area contributed by atoms with Gasteiger partial charge in [0.1, 0.15) is 0 Å². The Hall–Kier alpha value is -1.76. The second-order valence-corrected chi connectivity index (χ2v) is 8.54. The van der Waals surface area contributed by atoms with Gasteiger partial charge in [0, 0.05) is 12.1 Å². The van der Waals surface area contributed by atoms with E-state index in [4.69, 9.17) is 0 Å². The maximum absolute atomic E-state index is 13.1. The second kappa shape index (κ2) is 9.37. The molecule has 0 spiro atoms. The highest BCUT2D eigenvalue weighted by Crippen LogP contribution is 2.38. The lowest BCUT2D eigenvalue weighted by Crippen LogP contribution is -2.48. The van der Waals surface area contributed by atoms with Gasteiger partial charge in [-0.25, -0.2) is 4.99 Å². The van der Waals surface area contributed by atoms with Crippen molar-refractivity contribution in [3.05, 3.63) is 29.8 Å². The van der Waals surface area contributed by atoms with E-state index in [0.29, 0.717) is 23.7 Å². The molecule has 2 fully saturated rings. The first-order chi connectivity index (χ1) is 13.8. The first-order valence-electron chi connectivity index (χ1n) is 10.8. The summed E-state index contributed by atoms with van der Waals surface area (Å²) in [6.07, 6.45) is 7.06. The average Bonchev–Trinajstić information content (AvgIpc) is 2.69. The molecule has 0 heterocycles. The van der Waals surface area contributed by atoms with Crippen LogP contribution in [0.5, 0.6) is 0 Å². The van der Waals surface area contributed by atoms with E-state index in [1.165, 1.54) is 62.8 Å². The van der Waals surface area contributed by atoms with Crippen LogP contribution in [-0.2, 0) is 5.60 Å². The predicted molar refractivity (Wildman–Crippen MR) is 109 cm³/mol. The Balaban J connectivity index is 1.76. The zero-order valence-electron chi connectivity index (χ0n) is 17.1. The Bertz CT molecular complexity index is 652. The van der Waals surface area contributed by atoms with Gasteiger partial charge in [-0.1, -0.05) is 50.7 Å². The third-order valence-corrected chi connectivity index (χ3v) is 6.11. The van der Waals surface area contributed by atoms with Crippen LogP contribution in [0.2, 0.25) is 0 Å². The fraction of sp³-hybridized carbons (Fsp3) is 0.682. The minimum Gasteiger partial charge on any atom is -0.376 e. The van der Waals surface area contributed by atoms with Gasteiger partial charge in [-0.15, -0.1) is 0 Å². The maximum atomic E-state index is 13.1. The van der Waals surface area contributed by atoms with E-state index < -0.39 is 11.8 Å². The molecule has 0 aliphatic heterocycles. The fourth-order valence-corrected chi connectivity index (χ4v) is 4.14. The summed E-state index contributed by atoms with van der Waals surface area (Å²) in [5.41, 5.74) is -2.50. The number of aliphatic hydroxyl groups is 1. The van der Waals surface area contributed by atoms with Crippen molar-refractivity contribution in [1.82, 2.24) is 10.6 Å². The van der Waals surface area contributed by atoms with Crippen LogP contribution in [-0.4, -0.2) is 29.3 Å². The van der Waals surface area contributed by atoms with Crippen LogP contribution in [0, 0.1) is 0 Å². The van der Waals surface area contributed by atoms with Crippen molar-refractivity contribution in [1.29, 1.82) is 0 Å². The van der Waals surface area contributed by atoms with Gasteiger partial charge in [-0.2, -0.15) is 13.2 Å². The van der Waals surface area contributed by atoms with Crippen LogP contribution in [0.4, 0.5) is 18.9 Å². The van der Waals surface area contributed by atoms with Gasteiger partial charge in [-0.3, -0.25) is 0 Å². The SMILES string of the molecule is CC(O)(c1ccc(N=C(NC2CCCCC2)NC2CCCCC2)cc1)C(F)(F)F. The van der Waals surface area contributed by atoms with Gasteiger partial charge in [0.05, 0.1) is 5.69 Å². The zero-order chi connectivity index (χ0) is 20.9. The second-order valence-electron chi connectivity index (χ2n) is 8.54. The van der Waals surface area contributed by atoms with Gasteiger partial charge in [0.15, 0.2) is 11.6 Å². The van der Waals surface area contributed by atoms with Crippen molar-refractivity contribution in [2.45, 2.75) is 95.0 Å². The lowest BCUT2D eigenvalue weighted by Gasteiger charge is -2.29. The third-order valence-electron chi connectivity index (χ3n) is 6.11. The zero-order valence-corrected chi connectivity index (χ0v) is 17.1. The summed E-state index contributed by atoms with van der Waals surface area (Å²) in [6, 6.07) is 6.41. The number of hydrogen-bond acceptors (Lipinski definition) is 2. The van der Waals surface area contributed by atoms with Crippen molar-refractivity contribution < 1.29 is 18.3 Å². The van der Waals surface area contributed by atoms with Crippen molar-refractivity contribution in [3.63, 3.8) is 0 Å². The Morgan fingerprint density at radius 2 is 1.31 bits per heavy atom. The quantitative estimate of drug-likeness (QED) is 0.466. The molecule has 2 saturated carbocycles. The molecule has 29 heavy (non-hydrogen) atoms. The number of aliphatic imine (C=N–C) groups is 1. The molecule has 1 atom stereocenters. The Morgan fingerprint density at radius 1 is 0.862 bits per heavy atom. The Morgan fingerprint density at radius 3 is 1.72 bits per heavy atom. The fourth-order valence-electron chi connectivity index (χ4n) is 4.14. The molecule has 4 nitrogen and oxygen atoms in total. The number of halogens is 3. The van der Waals surface area contributed by atoms with Crippen LogP contribution in [0.15, 0.2) is 29.3 Å². The predicted octanol–water partition coefficient (Wildman–Crippen LogP) is 5.29. The summed E-state index contributed by atoms with van der Waals surface area (Å²) >= 11 is 0. The van der Waals surface area contributed by atoms with Crippen LogP contribution >= 0.6 is 0 Å². The van der Waals surface area contributed by atoms with Gasteiger partial charge in [0.25, 0.3) is 0 Å². The van der Waals surface area contributed by atoms with E-state index in [9.17, 15) is 18.3 Å². The number of rotatable bonds is 4. The Kier molecular flexibility index (Phi) is 7.09. The number of nitrogens with zero attached hydrogens (tertiary/aromatic N) is 1. The molecule has 1 aromatic rings. The molecule has 7 heteroatoms. The first-order valence-corrected chi connectivity index (χ1v) is 10.8. The molecule has 2 aliphatic rings. The van der Waals surface area contributed by atoms with E-state index in [1.807, 2.05) is 0 Å². The van der Waals surface area contributed by atoms with E-state index in [0.717, 1.165) is 32.6 Å². The van der Waals surface area contributed by atoms with E-state index in [2.05, 4.69) is 15.6 Å². The molecule has 0 bridgehead atoms. The minimum absolute atomic E-state index is 0.189. The van der Waals surface area contributed by atoms with Crippen LogP contribution < -0.4 is 10.6 Å². The summed E-state index contributed by atoms with van der Waals surface area (Å²) in [6.45, 7) is 0.770. The number of alkyl halides is 3. The summed E-state index contributed by atoms with van der Waals surface area (Å²) < 4.78 is 39.2. The molecular weight excluding hydrogens is 379 g/mol. The Labute approximate surface area is 171 Å². The highest BCUT2D eigenvalue weighted by molar-refractivity contribution is 5.83. The van der Waals surface area contributed by atoms with Crippen molar-refractivity contribution in [2.75, 3.05) is 0 Å². The lowest BCUT2D eigenvalue weighted by atomic mass is 9.95.